The van der Waals surface area contributed by atoms with Crippen molar-refractivity contribution in [2.24, 2.45) is 0 Å². The van der Waals surface area contributed by atoms with Crippen LogP contribution >= 0.6 is 0 Å². The van der Waals surface area contributed by atoms with E-state index in [9.17, 15) is 18.3 Å². The van der Waals surface area contributed by atoms with Gasteiger partial charge in [-0.05, 0) is 54.5 Å². The third kappa shape index (κ3) is 5.11. The minimum atomic E-state index is -1.03. The van der Waals surface area contributed by atoms with Crippen molar-refractivity contribution in [3.63, 3.8) is 0 Å². The summed E-state index contributed by atoms with van der Waals surface area (Å²) in [7, 11) is 0. The number of hydrogen-bond acceptors (Lipinski definition) is 1. The van der Waals surface area contributed by atoms with Gasteiger partial charge in [-0.3, -0.25) is 5.11 Å². The molecule has 0 N–H and O–H groups in total. The average Bonchev–Trinajstić information content (AvgIpc) is 2.74. The molecule has 3 rings (SSSR count). The Hall–Kier alpha value is -3.33. The maximum atomic E-state index is 15.2. The zero-order valence-electron chi connectivity index (χ0n) is 17.7. The Kier molecular flexibility index (Phi) is 7.53. The van der Waals surface area contributed by atoms with Crippen LogP contribution in [0.15, 0.2) is 42.5 Å². The first-order chi connectivity index (χ1) is 15.3. The Morgan fingerprint density at radius 3 is 2.06 bits per heavy atom. The molecule has 3 aromatic rings. The van der Waals surface area contributed by atoms with Crippen molar-refractivity contribution in [3.8, 4) is 22.9 Å². The lowest BCUT2D eigenvalue weighted by atomic mass is 9.95. The Bertz CT molecular complexity index is 1130. The van der Waals surface area contributed by atoms with Crippen LogP contribution < -0.4 is 0 Å². The highest BCUT2D eigenvalue weighted by atomic mass is 19.1. The number of benzene rings is 3. The van der Waals surface area contributed by atoms with E-state index >= 15 is 4.39 Å². The Morgan fingerprint density at radius 2 is 1.47 bits per heavy atom. The predicted octanol–water partition coefficient (Wildman–Crippen LogP) is 7.44. The van der Waals surface area contributed by atoms with Gasteiger partial charge in [-0.15, -0.1) is 0 Å². The molecule has 3 aromatic carbocycles. The van der Waals surface area contributed by atoms with E-state index < -0.39 is 34.6 Å². The summed E-state index contributed by atoms with van der Waals surface area (Å²) in [5.41, 5.74) is 0.324. The fraction of sp³-hybridized carbons (Fsp3) is 0.269. The molecule has 1 radical (unpaired) electrons. The van der Waals surface area contributed by atoms with Gasteiger partial charge in [-0.1, -0.05) is 44.0 Å². The SMILES string of the molecule is CCCCCc1ccc(-c2c([O])cc(F)c(CCc3cc(F)c(C#N)c(F)c3)c2F)cc1. The normalized spacial score (nSPS) is 10.9. The van der Waals surface area contributed by atoms with Gasteiger partial charge in [0.05, 0.1) is 5.56 Å². The summed E-state index contributed by atoms with van der Waals surface area (Å²) >= 11 is 0. The summed E-state index contributed by atoms with van der Waals surface area (Å²) < 4.78 is 57.2. The molecule has 0 heterocycles. The van der Waals surface area contributed by atoms with Crippen molar-refractivity contribution in [2.75, 3.05) is 0 Å². The standard InChI is InChI=1S/C26H22F4NO/c1-2-3-4-5-16-6-9-18(10-7-16)25-24(32)14-23(29)19(26(25)30)11-8-17-12-21(27)20(15-31)22(28)13-17/h6-7,9-10,12-14H,2-5,8,11H2,1H3. The van der Waals surface area contributed by atoms with Crippen LogP contribution in [-0.4, -0.2) is 0 Å². The van der Waals surface area contributed by atoms with Gasteiger partial charge in [0.2, 0.25) is 0 Å². The Balaban J connectivity index is 1.86. The van der Waals surface area contributed by atoms with Crippen LogP contribution in [0.25, 0.3) is 11.1 Å². The van der Waals surface area contributed by atoms with Crippen LogP contribution in [0.4, 0.5) is 17.6 Å². The Morgan fingerprint density at radius 1 is 0.812 bits per heavy atom. The minimum Gasteiger partial charge on any atom is -0.289 e. The van der Waals surface area contributed by atoms with Gasteiger partial charge in [0.25, 0.3) is 0 Å². The van der Waals surface area contributed by atoms with E-state index in [2.05, 4.69) is 6.92 Å². The quantitative estimate of drug-likeness (QED) is 0.265. The molecule has 0 atom stereocenters. The summed E-state index contributed by atoms with van der Waals surface area (Å²) in [6.45, 7) is 2.11. The Labute approximate surface area is 184 Å². The molecule has 0 saturated carbocycles. The van der Waals surface area contributed by atoms with Gasteiger partial charge in [0.1, 0.15) is 34.9 Å². The molecular formula is C26H22F4NO. The molecule has 0 aliphatic carbocycles. The van der Waals surface area contributed by atoms with E-state index in [1.54, 1.807) is 12.1 Å². The van der Waals surface area contributed by atoms with Crippen molar-refractivity contribution < 1.29 is 22.7 Å². The number of rotatable bonds is 8. The first kappa shape index (κ1) is 23.3. The zero-order valence-corrected chi connectivity index (χ0v) is 17.7. The van der Waals surface area contributed by atoms with Crippen molar-refractivity contribution in [1.29, 1.82) is 5.26 Å². The third-order valence-corrected chi connectivity index (χ3v) is 5.47. The number of hydrogen-bond donors (Lipinski definition) is 0. The van der Waals surface area contributed by atoms with Crippen LogP contribution in [0.1, 0.15) is 48.4 Å². The molecule has 2 nitrogen and oxygen atoms in total. The monoisotopic (exact) mass is 440 g/mol. The summed E-state index contributed by atoms with van der Waals surface area (Å²) in [6, 6.07) is 11.1. The molecular weight excluding hydrogens is 418 g/mol. The highest BCUT2D eigenvalue weighted by Gasteiger charge is 2.21. The van der Waals surface area contributed by atoms with Crippen LogP contribution in [0, 0.1) is 34.6 Å². The average molecular weight is 440 g/mol. The molecule has 6 heteroatoms. The van der Waals surface area contributed by atoms with Crippen molar-refractivity contribution in [1.82, 2.24) is 0 Å². The summed E-state index contributed by atoms with van der Waals surface area (Å²) in [5, 5.41) is 21.1. The first-order valence-electron chi connectivity index (χ1n) is 10.5. The maximum absolute atomic E-state index is 15.2. The van der Waals surface area contributed by atoms with E-state index in [0.717, 1.165) is 49.4 Å². The van der Waals surface area contributed by atoms with E-state index in [4.69, 9.17) is 5.26 Å². The van der Waals surface area contributed by atoms with E-state index in [1.165, 1.54) is 6.07 Å². The number of nitriles is 1. The summed E-state index contributed by atoms with van der Waals surface area (Å²) in [6.07, 6.45) is 3.85. The van der Waals surface area contributed by atoms with E-state index in [1.807, 2.05) is 12.1 Å². The number of aryl methyl sites for hydroxylation is 2. The van der Waals surface area contributed by atoms with Gasteiger partial charge < -0.3 is 0 Å². The van der Waals surface area contributed by atoms with Crippen molar-refractivity contribution >= 4 is 0 Å². The lowest BCUT2D eigenvalue weighted by molar-refractivity contribution is 0.350. The zero-order chi connectivity index (χ0) is 23.3. The number of nitrogens with zero attached hydrogens (tertiary/aromatic N) is 1. The van der Waals surface area contributed by atoms with Gasteiger partial charge in [0, 0.05) is 11.6 Å². The fourth-order valence-electron chi connectivity index (χ4n) is 3.70. The molecule has 0 spiro atoms. The van der Waals surface area contributed by atoms with E-state index in [-0.39, 0.29) is 29.5 Å². The van der Waals surface area contributed by atoms with Gasteiger partial charge >= 0.3 is 0 Å². The highest BCUT2D eigenvalue weighted by Crippen LogP contribution is 2.36. The first-order valence-corrected chi connectivity index (χ1v) is 10.5. The second kappa shape index (κ2) is 10.3. The molecule has 0 aromatic heterocycles. The summed E-state index contributed by atoms with van der Waals surface area (Å²) in [4.78, 5) is 0. The van der Waals surface area contributed by atoms with Crippen molar-refractivity contribution in [2.45, 2.75) is 45.4 Å². The molecule has 0 saturated heterocycles. The number of halogens is 4. The lowest BCUT2D eigenvalue weighted by Gasteiger charge is -2.12. The summed E-state index contributed by atoms with van der Waals surface area (Å²) in [5.74, 6) is -4.79. The predicted molar refractivity (Wildman–Crippen MR) is 114 cm³/mol. The molecule has 32 heavy (non-hydrogen) atoms. The smallest absolute Gasteiger partial charge is 0.192 e. The molecule has 0 unspecified atom stereocenters. The second-order valence-electron chi connectivity index (χ2n) is 7.72. The molecule has 0 amide bonds. The molecule has 0 aliphatic heterocycles. The second-order valence-corrected chi connectivity index (χ2v) is 7.72. The maximum Gasteiger partial charge on any atom is 0.192 e. The topological polar surface area (TPSA) is 43.7 Å². The van der Waals surface area contributed by atoms with Crippen LogP contribution in [0.5, 0.6) is 5.75 Å². The van der Waals surface area contributed by atoms with Gasteiger partial charge in [0.15, 0.2) is 5.75 Å². The van der Waals surface area contributed by atoms with Gasteiger partial charge in [-0.25, -0.2) is 17.6 Å². The molecule has 165 valence electrons. The molecule has 0 bridgehead atoms. The minimum absolute atomic E-state index is 0.0681. The largest absolute Gasteiger partial charge is 0.289 e. The highest BCUT2D eigenvalue weighted by molar-refractivity contribution is 5.72. The van der Waals surface area contributed by atoms with Crippen LogP contribution in [0.3, 0.4) is 0 Å². The van der Waals surface area contributed by atoms with Crippen LogP contribution in [-0.2, 0) is 24.4 Å². The van der Waals surface area contributed by atoms with Gasteiger partial charge in [-0.2, -0.15) is 5.26 Å². The molecule has 0 fully saturated rings. The lowest BCUT2D eigenvalue weighted by Crippen LogP contribution is -2.03. The number of unbranched alkanes of at least 4 members (excludes halogenated alkanes) is 2. The van der Waals surface area contributed by atoms with Crippen LogP contribution in [0.2, 0.25) is 0 Å². The van der Waals surface area contributed by atoms with E-state index in [0.29, 0.717) is 5.56 Å². The fourth-order valence-corrected chi connectivity index (χ4v) is 3.70. The molecule has 0 aliphatic rings. The third-order valence-electron chi connectivity index (χ3n) is 5.47. The van der Waals surface area contributed by atoms with Crippen molar-refractivity contribution in [3.05, 3.63) is 88.0 Å².